The van der Waals surface area contributed by atoms with Gasteiger partial charge < -0.3 is 4.57 Å². The van der Waals surface area contributed by atoms with Crippen molar-refractivity contribution in [3.8, 4) is 0 Å². The first kappa shape index (κ1) is 12.2. The Bertz CT molecular complexity index is 852. The first-order valence-corrected chi connectivity index (χ1v) is 6.85. The average molecular weight is 278 g/mol. The van der Waals surface area contributed by atoms with E-state index in [0.29, 0.717) is 5.69 Å². The summed E-state index contributed by atoms with van der Waals surface area (Å²) in [5.74, 6) is -0.349. The van der Waals surface area contributed by atoms with E-state index in [1.165, 1.54) is 0 Å². The summed E-state index contributed by atoms with van der Waals surface area (Å²) in [4.78, 5) is 12.4. The molecule has 104 valence electrons. The molecule has 0 aliphatic carbocycles. The zero-order chi connectivity index (χ0) is 14.6. The van der Waals surface area contributed by atoms with Crippen molar-refractivity contribution in [2.45, 2.75) is 6.04 Å². The van der Waals surface area contributed by atoms with Gasteiger partial charge in [-0.25, -0.2) is 5.06 Å². The van der Waals surface area contributed by atoms with Crippen molar-refractivity contribution in [3.63, 3.8) is 0 Å². The maximum atomic E-state index is 12.4. The van der Waals surface area contributed by atoms with Crippen LogP contribution >= 0.6 is 0 Å². The molecule has 0 saturated heterocycles. The molecule has 4 nitrogen and oxygen atoms in total. The van der Waals surface area contributed by atoms with Crippen LogP contribution in [0.25, 0.3) is 10.9 Å². The molecular formula is C17H14N2O2. The van der Waals surface area contributed by atoms with E-state index in [2.05, 4.69) is 0 Å². The molecule has 1 unspecified atom stereocenters. The van der Waals surface area contributed by atoms with Gasteiger partial charge in [0.05, 0.1) is 0 Å². The first-order valence-electron chi connectivity index (χ1n) is 6.85. The van der Waals surface area contributed by atoms with Gasteiger partial charge in [0, 0.05) is 23.5 Å². The Morgan fingerprint density at radius 2 is 1.67 bits per heavy atom. The molecule has 1 aliphatic rings. The van der Waals surface area contributed by atoms with Crippen molar-refractivity contribution in [2.24, 2.45) is 7.05 Å². The predicted molar refractivity (Wildman–Crippen MR) is 79.2 cm³/mol. The van der Waals surface area contributed by atoms with Gasteiger partial charge >= 0.3 is 0 Å². The third-order valence-electron chi connectivity index (χ3n) is 4.19. The summed E-state index contributed by atoms with van der Waals surface area (Å²) in [6, 6.07) is 17.1. The van der Waals surface area contributed by atoms with Gasteiger partial charge in [-0.15, -0.1) is 0 Å². The van der Waals surface area contributed by atoms with Crippen LogP contribution in [0, 0.1) is 0 Å². The molecule has 21 heavy (non-hydrogen) atoms. The van der Waals surface area contributed by atoms with Crippen molar-refractivity contribution in [1.29, 1.82) is 0 Å². The number of amides is 1. The van der Waals surface area contributed by atoms with Gasteiger partial charge in [-0.1, -0.05) is 48.5 Å². The molecule has 0 radical (unpaired) electrons. The Kier molecular flexibility index (Phi) is 2.43. The maximum absolute atomic E-state index is 12.4. The lowest BCUT2D eigenvalue weighted by Gasteiger charge is -2.19. The van der Waals surface area contributed by atoms with Crippen LogP contribution in [0.3, 0.4) is 0 Å². The van der Waals surface area contributed by atoms with Crippen molar-refractivity contribution in [2.75, 3.05) is 0 Å². The Morgan fingerprint density at radius 1 is 1.00 bits per heavy atom. The summed E-state index contributed by atoms with van der Waals surface area (Å²) in [6.45, 7) is 0. The molecule has 4 heteroatoms. The summed E-state index contributed by atoms with van der Waals surface area (Å²) in [5.41, 5.74) is 3.35. The number of aryl methyl sites for hydroxylation is 1. The number of aromatic nitrogens is 1. The highest BCUT2D eigenvalue weighted by Gasteiger charge is 2.41. The second-order valence-electron chi connectivity index (χ2n) is 5.30. The van der Waals surface area contributed by atoms with Crippen LogP contribution in [-0.2, 0) is 7.05 Å². The lowest BCUT2D eigenvalue weighted by molar-refractivity contribution is -0.0724. The molecule has 1 amide bonds. The van der Waals surface area contributed by atoms with Crippen LogP contribution in [0.4, 0.5) is 0 Å². The molecule has 0 bridgehead atoms. The summed E-state index contributed by atoms with van der Waals surface area (Å²) >= 11 is 0. The number of carbonyl (C=O) groups is 1. The van der Waals surface area contributed by atoms with Crippen molar-refractivity contribution < 1.29 is 10.0 Å². The number of rotatable bonds is 1. The average Bonchev–Trinajstić information content (AvgIpc) is 2.95. The third kappa shape index (κ3) is 1.51. The first-order chi connectivity index (χ1) is 10.2. The van der Waals surface area contributed by atoms with E-state index in [-0.39, 0.29) is 5.91 Å². The predicted octanol–water partition coefficient (Wildman–Crippen LogP) is 3.11. The fourth-order valence-electron chi connectivity index (χ4n) is 3.25. The zero-order valence-electron chi connectivity index (χ0n) is 11.5. The van der Waals surface area contributed by atoms with Gasteiger partial charge in [0.2, 0.25) is 0 Å². The SMILES string of the molecule is Cn1c2c(c3ccccc31)C(c1ccccc1)N(O)C2=O. The Labute approximate surface area is 121 Å². The summed E-state index contributed by atoms with van der Waals surface area (Å²) in [7, 11) is 1.86. The van der Waals surface area contributed by atoms with Gasteiger partial charge in [0.1, 0.15) is 11.7 Å². The fourth-order valence-corrected chi connectivity index (χ4v) is 3.25. The molecule has 0 saturated carbocycles. The lowest BCUT2D eigenvalue weighted by atomic mass is 9.99. The van der Waals surface area contributed by atoms with E-state index in [0.717, 1.165) is 27.1 Å². The number of benzene rings is 2. The molecule has 1 aromatic heterocycles. The van der Waals surface area contributed by atoms with E-state index in [1.807, 2.05) is 66.2 Å². The zero-order valence-corrected chi connectivity index (χ0v) is 11.5. The number of hydrogen-bond acceptors (Lipinski definition) is 2. The maximum Gasteiger partial charge on any atom is 0.295 e. The van der Waals surface area contributed by atoms with E-state index in [9.17, 15) is 10.0 Å². The standard InChI is InChI=1S/C17H14N2O2/c1-18-13-10-6-5-9-12(13)14-15(11-7-3-2-4-8-11)19(21)17(20)16(14)18/h2-10,15,21H,1H3. The number of hydroxylamine groups is 2. The quantitative estimate of drug-likeness (QED) is 0.695. The molecule has 1 atom stereocenters. The number of fused-ring (bicyclic) bond motifs is 3. The van der Waals surface area contributed by atoms with E-state index in [4.69, 9.17) is 0 Å². The topological polar surface area (TPSA) is 45.5 Å². The monoisotopic (exact) mass is 278 g/mol. The highest BCUT2D eigenvalue weighted by atomic mass is 16.5. The van der Waals surface area contributed by atoms with Crippen LogP contribution in [0.1, 0.15) is 27.7 Å². The summed E-state index contributed by atoms with van der Waals surface area (Å²) in [5, 5.41) is 12.1. The highest BCUT2D eigenvalue weighted by Crippen LogP contribution is 2.42. The van der Waals surface area contributed by atoms with Crippen molar-refractivity contribution in [3.05, 3.63) is 71.4 Å². The fraction of sp³-hybridized carbons (Fsp3) is 0.118. The van der Waals surface area contributed by atoms with Gasteiger partial charge in [-0.3, -0.25) is 10.0 Å². The Morgan fingerprint density at radius 3 is 2.43 bits per heavy atom. The molecular weight excluding hydrogens is 264 g/mol. The van der Waals surface area contributed by atoms with Crippen LogP contribution < -0.4 is 0 Å². The van der Waals surface area contributed by atoms with Crippen molar-refractivity contribution in [1.82, 2.24) is 9.63 Å². The van der Waals surface area contributed by atoms with E-state index >= 15 is 0 Å². The smallest absolute Gasteiger partial charge is 0.295 e. The van der Waals surface area contributed by atoms with Crippen LogP contribution in [-0.4, -0.2) is 20.7 Å². The van der Waals surface area contributed by atoms with Gasteiger partial charge in [0.15, 0.2) is 0 Å². The Hall–Kier alpha value is -2.59. The van der Waals surface area contributed by atoms with E-state index in [1.54, 1.807) is 0 Å². The molecule has 1 N–H and O–H groups in total. The Balaban J connectivity index is 2.06. The van der Waals surface area contributed by atoms with Gasteiger partial charge in [-0.2, -0.15) is 0 Å². The molecule has 3 aromatic rings. The van der Waals surface area contributed by atoms with Crippen LogP contribution in [0.15, 0.2) is 54.6 Å². The third-order valence-corrected chi connectivity index (χ3v) is 4.19. The second-order valence-corrected chi connectivity index (χ2v) is 5.30. The van der Waals surface area contributed by atoms with E-state index < -0.39 is 6.04 Å². The minimum absolute atomic E-state index is 0.349. The number of nitrogens with zero attached hydrogens (tertiary/aromatic N) is 2. The number of carbonyl (C=O) groups excluding carboxylic acids is 1. The van der Waals surface area contributed by atoms with Gasteiger partial charge in [0.25, 0.3) is 5.91 Å². The summed E-state index contributed by atoms with van der Waals surface area (Å²) < 4.78 is 1.86. The normalized spacial score (nSPS) is 17.5. The minimum atomic E-state index is -0.445. The number of hydrogen-bond donors (Lipinski definition) is 1. The van der Waals surface area contributed by atoms with Crippen LogP contribution in [0.2, 0.25) is 0 Å². The lowest BCUT2D eigenvalue weighted by Crippen LogP contribution is -2.25. The minimum Gasteiger partial charge on any atom is -0.339 e. The molecule has 0 fully saturated rings. The summed E-state index contributed by atoms with van der Waals surface area (Å²) in [6.07, 6.45) is 0. The molecule has 2 aromatic carbocycles. The molecule has 1 aliphatic heterocycles. The van der Waals surface area contributed by atoms with Crippen molar-refractivity contribution >= 4 is 16.8 Å². The van der Waals surface area contributed by atoms with Crippen LogP contribution in [0.5, 0.6) is 0 Å². The molecule has 0 spiro atoms. The second kappa shape index (κ2) is 4.20. The number of para-hydroxylation sites is 1. The molecule has 4 rings (SSSR count). The molecule has 2 heterocycles. The highest BCUT2D eigenvalue weighted by molar-refractivity contribution is 6.05. The van der Waals surface area contributed by atoms with Gasteiger partial charge in [-0.05, 0) is 11.6 Å². The largest absolute Gasteiger partial charge is 0.339 e.